The summed E-state index contributed by atoms with van der Waals surface area (Å²) < 4.78 is 10.6. The first-order valence-corrected chi connectivity index (χ1v) is 7.34. The van der Waals surface area contributed by atoms with Crippen molar-refractivity contribution in [1.29, 1.82) is 0 Å². The summed E-state index contributed by atoms with van der Waals surface area (Å²) in [5.74, 6) is -1.95. The first-order chi connectivity index (χ1) is 10.0. The van der Waals surface area contributed by atoms with Crippen LogP contribution >= 0.6 is 0 Å². The van der Waals surface area contributed by atoms with Crippen LogP contribution < -0.4 is 0 Å². The molecule has 4 nitrogen and oxygen atoms in total. The number of carbonyl (C=O) groups is 1. The molecule has 21 heavy (non-hydrogen) atoms. The Kier molecular flexibility index (Phi) is 5.12. The first kappa shape index (κ1) is 15.7. The van der Waals surface area contributed by atoms with Crippen LogP contribution in [0.3, 0.4) is 0 Å². The van der Waals surface area contributed by atoms with Crippen molar-refractivity contribution in [3.63, 3.8) is 0 Å². The first-order valence-electron chi connectivity index (χ1n) is 7.34. The summed E-state index contributed by atoms with van der Waals surface area (Å²) in [5, 5.41) is 0. The molecule has 0 N–H and O–H groups in total. The van der Waals surface area contributed by atoms with Gasteiger partial charge in [-0.15, -0.1) is 0 Å². The number of benzene rings is 1. The minimum atomic E-state index is -0.944. The average molecular weight is 289 g/mol. The number of esters is 1. The topological polar surface area (TPSA) is 52.6 Å². The Balaban J connectivity index is 1.78. The van der Waals surface area contributed by atoms with Gasteiger partial charge in [-0.05, 0) is 24.8 Å². The van der Waals surface area contributed by atoms with Gasteiger partial charge in [0.25, 0.3) is 0 Å². The summed E-state index contributed by atoms with van der Waals surface area (Å²) in [6.45, 7) is 3.34. The molecule has 0 amide bonds. The maximum Gasteiger partial charge on any atom is 0.338 e. The minimum Gasteiger partial charge on any atom is -0.432 e. The van der Waals surface area contributed by atoms with Crippen molar-refractivity contribution in [3.8, 4) is 0 Å². The fraction of sp³-hybridized carbons (Fsp3) is 0.529. The summed E-state index contributed by atoms with van der Waals surface area (Å²) in [5.41, 5.74) is 1.28. The molecule has 0 saturated carbocycles. The highest BCUT2D eigenvalue weighted by molar-refractivity contribution is 5.80. The van der Waals surface area contributed by atoms with Crippen molar-refractivity contribution in [1.82, 2.24) is 0 Å². The van der Waals surface area contributed by atoms with E-state index in [4.69, 9.17) is 9.47 Å². The highest BCUT2D eigenvalue weighted by atomic mass is 16.8. The molecule has 4 heteroatoms. The number of hydrogen-bond donors (Lipinski definition) is 0. The number of cyclic esters (lactones) is 1. The number of hydrogen-bond acceptors (Lipinski definition) is 4. The second-order valence-corrected chi connectivity index (χ2v) is 5.82. The molecule has 1 fully saturated rings. The third-order valence-corrected chi connectivity index (χ3v) is 3.58. The van der Waals surface area contributed by atoms with Crippen molar-refractivity contribution in [2.75, 3.05) is 0 Å². The van der Waals surface area contributed by atoms with E-state index in [1.807, 2.05) is 24.5 Å². The molecule has 1 aromatic carbocycles. The molecule has 113 valence electrons. The monoisotopic (exact) mass is 289 g/mol. The molecule has 1 aliphatic heterocycles. The highest BCUT2D eigenvalue weighted by Crippen LogP contribution is 2.29. The highest BCUT2D eigenvalue weighted by Gasteiger charge is 2.45. The van der Waals surface area contributed by atoms with Crippen molar-refractivity contribution in [2.45, 2.75) is 51.4 Å². The van der Waals surface area contributed by atoms with E-state index in [2.05, 4.69) is 12.1 Å². The van der Waals surface area contributed by atoms with E-state index < -0.39 is 23.8 Å². The van der Waals surface area contributed by atoms with Gasteiger partial charge >= 0.3 is 5.97 Å². The van der Waals surface area contributed by atoms with E-state index in [1.54, 1.807) is 13.8 Å². The number of rotatable bonds is 7. The Labute approximate surface area is 125 Å². The Bertz CT molecular complexity index is 481. The Morgan fingerprint density at radius 1 is 1.24 bits per heavy atom. The van der Waals surface area contributed by atoms with Gasteiger partial charge < -0.3 is 9.47 Å². The summed E-state index contributed by atoms with van der Waals surface area (Å²) in [6.07, 6.45) is 4.49. The maximum absolute atomic E-state index is 11.7. The number of unbranched alkanes of at least 4 members (excludes halogenated alkanes) is 1. The average Bonchev–Trinajstić information content (AvgIpc) is 2.73. The second kappa shape index (κ2) is 6.85. The molecular weight excluding hydrogens is 268 g/mol. The van der Waals surface area contributed by atoms with Crippen LogP contribution in [0.5, 0.6) is 0 Å². The van der Waals surface area contributed by atoms with Crippen molar-refractivity contribution in [2.24, 2.45) is 5.92 Å². The van der Waals surface area contributed by atoms with E-state index in [9.17, 15) is 9.59 Å². The zero-order valence-corrected chi connectivity index (χ0v) is 12.5. The smallest absolute Gasteiger partial charge is 0.338 e. The standard InChI is InChI=1S/C17H21O4/c1-17(2)20-15(16(19)21-17)14(12-18)11-7-6-10-13-8-4-3-5-9-13/h3-5,8-9,14-15H,6-7,10-11H2,1-2H3/t14-,15-/m0/s1. The zero-order chi connectivity index (χ0) is 15.3. The van der Waals surface area contributed by atoms with Gasteiger partial charge in [0.05, 0.1) is 5.92 Å². The van der Waals surface area contributed by atoms with Crippen LogP contribution in [0.2, 0.25) is 0 Å². The third kappa shape index (κ3) is 4.39. The van der Waals surface area contributed by atoms with Gasteiger partial charge in [0.15, 0.2) is 6.10 Å². The molecule has 0 unspecified atom stereocenters. The van der Waals surface area contributed by atoms with Crippen molar-refractivity contribution < 1.29 is 19.1 Å². The molecular formula is C17H21O4. The summed E-state index contributed by atoms with van der Waals surface area (Å²) in [6, 6.07) is 10.2. The minimum absolute atomic E-state index is 0.462. The lowest BCUT2D eigenvalue weighted by Crippen LogP contribution is -2.29. The third-order valence-electron chi connectivity index (χ3n) is 3.58. The molecule has 0 spiro atoms. The Morgan fingerprint density at radius 3 is 2.52 bits per heavy atom. The van der Waals surface area contributed by atoms with Crippen LogP contribution in [0.1, 0.15) is 38.7 Å². The molecule has 0 bridgehead atoms. The zero-order valence-electron chi connectivity index (χ0n) is 12.5. The lowest BCUT2D eigenvalue weighted by Gasteiger charge is -2.17. The van der Waals surface area contributed by atoms with Gasteiger partial charge in [-0.2, -0.15) is 0 Å². The van der Waals surface area contributed by atoms with Gasteiger partial charge in [-0.1, -0.05) is 36.8 Å². The van der Waals surface area contributed by atoms with E-state index in [-0.39, 0.29) is 0 Å². The Hall–Kier alpha value is -1.68. The summed E-state index contributed by atoms with van der Waals surface area (Å²) >= 11 is 0. The molecule has 0 aromatic heterocycles. The number of ether oxygens (including phenoxy) is 2. The molecule has 1 saturated heterocycles. The fourth-order valence-corrected chi connectivity index (χ4v) is 2.53. The van der Waals surface area contributed by atoms with Gasteiger partial charge in [-0.25, -0.2) is 4.79 Å². The maximum atomic E-state index is 11.7. The molecule has 0 aliphatic carbocycles. The number of aryl methyl sites for hydroxylation is 1. The molecule has 2 rings (SSSR count). The molecule has 1 aromatic rings. The van der Waals surface area contributed by atoms with Gasteiger partial charge in [0.1, 0.15) is 0 Å². The van der Waals surface area contributed by atoms with E-state index in [0.29, 0.717) is 6.42 Å². The van der Waals surface area contributed by atoms with Crippen LogP contribution in [0, 0.1) is 5.92 Å². The summed E-state index contributed by atoms with van der Waals surface area (Å²) in [7, 11) is 0. The largest absolute Gasteiger partial charge is 0.432 e. The van der Waals surface area contributed by atoms with Crippen molar-refractivity contribution in [3.05, 3.63) is 35.9 Å². The quantitative estimate of drug-likeness (QED) is 0.572. The summed E-state index contributed by atoms with van der Waals surface area (Å²) in [4.78, 5) is 22.8. The molecule has 1 heterocycles. The van der Waals surface area contributed by atoms with Crippen LogP contribution in [0.4, 0.5) is 0 Å². The van der Waals surface area contributed by atoms with Gasteiger partial charge in [0, 0.05) is 13.8 Å². The Morgan fingerprint density at radius 2 is 1.95 bits per heavy atom. The number of carbonyl (C=O) groups excluding carboxylic acids is 2. The normalized spacial score (nSPS) is 21.8. The van der Waals surface area contributed by atoms with Crippen LogP contribution in [-0.2, 0) is 25.5 Å². The lowest BCUT2D eigenvalue weighted by atomic mass is 9.96. The fourth-order valence-electron chi connectivity index (χ4n) is 2.53. The predicted octanol–water partition coefficient (Wildman–Crippen LogP) is 2.80. The molecule has 1 radical (unpaired) electrons. The lowest BCUT2D eigenvalue weighted by molar-refractivity contribution is -0.161. The predicted molar refractivity (Wildman–Crippen MR) is 78.2 cm³/mol. The van der Waals surface area contributed by atoms with Crippen molar-refractivity contribution >= 4 is 12.3 Å². The molecule has 1 aliphatic rings. The van der Waals surface area contributed by atoms with Crippen LogP contribution in [0.15, 0.2) is 30.3 Å². The van der Waals surface area contributed by atoms with Gasteiger partial charge in [0.2, 0.25) is 12.1 Å². The van der Waals surface area contributed by atoms with E-state index >= 15 is 0 Å². The van der Waals surface area contributed by atoms with E-state index in [0.717, 1.165) is 19.3 Å². The SMILES string of the molecule is CC1(C)OC(=O)[C@H]([C@H]([C]=O)CCCCc2ccccc2)O1. The molecule has 2 atom stereocenters. The van der Waals surface area contributed by atoms with Gasteiger partial charge in [-0.3, -0.25) is 4.79 Å². The van der Waals surface area contributed by atoms with Crippen LogP contribution in [-0.4, -0.2) is 24.1 Å². The second-order valence-electron chi connectivity index (χ2n) is 5.82. The van der Waals surface area contributed by atoms with Crippen LogP contribution in [0.25, 0.3) is 0 Å². The van der Waals surface area contributed by atoms with E-state index in [1.165, 1.54) is 5.56 Å².